The third kappa shape index (κ3) is 2.19. The number of aromatic nitrogens is 1. The molecule has 0 spiro atoms. The summed E-state index contributed by atoms with van der Waals surface area (Å²) in [7, 11) is 0. The number of carbonyl (C=O) groups is 1. The molecule has 0 bridgehead atoms. The molecule has 1 aromatic carbocycles. The maximum Gasteiger partial charge on any atom is 0.194 e. The van der Waals surface area contributed by atoms with Gasteiger partial charge in [-0.15, -0.1) is 0 Å². The normalized spacial score (nSPS) is 10.1. The van der Waals surface area contributed by atoms with Crippen molar-refractivity contribution in [3.05, 3.63) is 63.9 Å². The first-order valence-corrected chi connectivity index (χ1v) is 5.69. The van der Waals surface area contributed by atoms with E-state index in [-0.39, 0.29) is 5.78 Å². The standard InChI is InChI=1S/C13H10BrNO/c1-9-8-10(6-7-15-9)13(16)11-4-2-3-5-12(11)14/h2-8H,1H3. The molecule has 0 aliphatic heterocycles. The van der Waals surface area contributed by atoms with Crippen molar-refractivity contribution in [2.45, 2.75) is 6.92 Å². The summed E-state index contributed by atoms with van der Waals surface area (Å²) in [5.74, 6) is 0.0120. The lowest BCUT2D eigenvalue weighted by molar-refractivity contribution is 0.103. The molecule has 0 atom stereocenters. The van der Waals surface area contributed by atoms with Gasteiger partial charge in [0.15, 0.2) is 5.78 Å². The predicted octanol–water partition coefficient (Wildman–Crippen LogP) is 3.38. The van der Waals surface area contributed by atoms with Crippen LogP contribution in [-0.4, -0.2) is 10.8 Å². The van der Waals surface area contributed by atoms with Crippen molar-refractivity contribution in [3.63, 3.8) is 0 Å². The van der Waals surface area contributed by atoms with Gasteiger partial charge in [-0.3, -0.25) is 9.78 Å². The van der Waals surface area contributed by atoms with E-state index in [1.54, 1.807) is 18.3 Å². The molecule has 1 heterocycles. The molecule has 1 aromatic heterocycles. The number of nitrogens with zero attached hydrogens (tertiary/aromatic N) is 1. The van der Waals surface area contributed by atoms with E-state index in [0.29, 0.717) is 11.1 Å². The van der Waals surface area contributed by atoms with Crippen LogP contribution in [-0.2, 0) is 0 Å². The molecule has 0 aliphatic rings. The van der Waals surface area contributed by atoms with E-state index in [4.69, 9.17) is 0 Å². The van der Waals surface area contributed by atoms with Gasteiger partial charge in [-0.05, 0) is 31.2 Å². The average molecular weight is 276 g/mol. The summed E-state index contributed by atoms with van der Waals surface area (Å²) in [6, 6.07) is 10.9. The molecule has 2 rings (SSSR count). The lowest BCUT2D eigenvalue weighted by Gasteiger charge is -2.03. The summed E-state index contributed by atoms with van der Waals surface area (Å²) < 4.78 is 0.814. The van der Waals surface area contributed by atoms with Crippen LogP contribution in [0.3, 0.4) is 0 Å². The highest BCUT2D eigenvalue weighted by Crippen LogP contribution is 2.19. The Morgan fingerprint density at radius 2 is 2.00 bits per heavy atom. The molecule has 80 valence electrons. The van der Waals surface area contributed by atoms with Crippen molar-refractivity contribution in [1.82, 2.24) is 4.98 Å². The van der Waals surface area contributed by atoms with E-state index in [0.717, 1.165) is 10.2 Å². The molecule has 0 amide bonds. The number of rotatable bonds is 2. The first-order valence-electron chi connectivity index (χ1n) is 4.90. The number of halogens is 1. The predicted molar refractivity (Wildman–Crippen MR) is 66.5 cm³/mol. The van der Waals surface area contributed by atoms with Gasteiger partial charge in [0.05, 0.1) is 0 Å². The van der Waals surface area contributed by atoms with Gasteiger partial charge in [0, 0.05) is 27.5 Å². The molecule has 0 saturated carbocycles. The minimum atomic E-state index is 0.0120. The smallest absolute Gasteiger partial charge is 0.194 e. The molecule has 16 heavy (non-hydrogen) atoms. The summed E-state index contributed by atoms with van der Waals surface area (Å²) in [5, 5.41) is 0. The van der Waals surface area contributed by atoms with Gasteiger partial charge in [0.25, 0.3) is 0 Å². The van der Waals surface area contributed by atoms with Crippen molar-refractivity contribution in [2.24, 2.45) is 0 Å². The first kappa shape index (κ1) is 11.0. The average Bonchev–Trinajstić information content (AvgIpc) is 2.29. The quantitative estimate of drug-likeness (QED) is 0.787. The van der Waals surface area contributed by atoms with Crippen LogP contribution in [0.4, 0.5) is 0 Å². The summed E-state index contributed by atoms with van der Waals surface area (Å²) >= 11 is 3.38. The van der Waals surface area contributed by atoms with Crippen LogP contribution in [0, 0.1) is 6.92 Å². The Balaban J connectivity index is 2.44. The molecule has 0 N–H and O–H groups in total. The minimum absolute atomic E-state index is 0.0120. The number of ketones is 1. The Kier molecular flexibility index (Phi) is 3.15. The lowest BCUT2D eigenvalue weighted by Crippen LogP contribution is -2.02. The highest BCUT2D eigenvalue weighted by atomic mass is 79.9. The lowest BCUT2D eigenvalue weighted by atomic mass is 10.0. The molecule has 0 unspecified atom stereocenters. The fraction of sp³-hybridized carbons (Fsp3) is 0.0769. The van der Waals surface area contributed by atoms with Crippen LogP contribution in [0.5, 0.6) is 0 Å². The van der Waals surface area contributed by atoms with Crippen LogP contribution in [0.2, 0.25) is 0 Å². The molecular formula is C13H10BrNO. The Hall–Kier alpha value is -1.48. The van der Waals surface area contributed by atoms with Gasteiger partial charge >= 0.3 is 0 Å². The highest BCUT2D eigenvalue weighted by Gasteiger charge is 2.11. The number of pyridine rings is 1. The van der Waals surface area contributed by atoms with Crippen molar-refractivity contribution in [1.29, 1.82) is 0 Å². The Labute approximate surface area is 102 Å². The topological polar surface area (TPSA) is 30.0 Å². The second-order valence-corrected chi connectivity index (χ2v) is 4.35. The van der Waals surface area contributed by atoms with Crippen molar-refractivity contribution in [3.8, 4) is 0 Å². The maximum absolute atomic E-state index is 12.2. The van der Waals surface area contributed by atoms with Crippen molar-refractivity contribution in [2.75, 3.05) is 0 Å². The number of hydrogen-bond donors (Lipinski definition) is 0. The van der Waals surface area contributed by atoms with Crippen LogP contribution < -0.4 is 0 Å². The second kappa shape index (κ2) is 4.58. The summed E-state index contributed by atoms with van der Waals surface area (Å²) in [6.07, 6.45) is 1.65. The van der Waals surface area contributed by atoms with E-state index in [1.165, 1.54) is 0 Å². The Bertz CT molecular complexity index is 537. The number of benzene rings is 1. The fourth-order valence-corrected chi connectivity index (χ4v) is 1.95. The third-order valence-corrected chi connectivity index (χ3v) is 2.97. The van der Waals surface area contributed by atoms with Gasteiger partial charge in [-0.2, -0.15) is 0 Å². The fourth-order valence-electron chi connectivity index (χ4n) is 1.49. The zero-order valence-electron chi connectivity index (χ0n) is 8.77. The Morgan fingerprint density at radius 3 is 2.69 bits per heavy atom. The summed E-state index contributed by atoms with van der Waals surface area (Å²) in [5.41, 5.74) is 2.19. The zero-order chi connectivity index (χ0) is 11.5. The van der Waals surface area contributed by atoms with Gasteiger partial charge in [-0.25, -0.2) is 0 Å². The van der Waals surface area contributed by atoms with Crippen molar-refractivity contribution >= 4 is 21.7 Å². The number of hydrogen-bond acceptors (Lipinski definition) is 2. The molecule has 0 radical (unpaired) electrons. The van der Waals surface area contributed by atoms with Crippen LogP contribution in [0.25, 0.3) is 0 Å². The van der Waals surface area contributed by atoms with Crippen LogP contribution >= 0.6 is 15.9 Å². The van der Waals surface area contributed by atoms with Gasteiger partial charge in [-0.1, -0.05) is 28.1 Å². The number of carbonyl (C=O) groups excluding carboxylic acids is 1. The summed E-state index contributed by atoms with van der Waals surface area (Å²) in [4.78, 5) is 16.2. The largest absolute Gasteiger partial charge is 0.289 e. The SMILES string of the molecule is Cc1cc(C(=O)c2ccccc2Br)ccn1. The van der Waals surface area contributed by atoms with Crippen molar-refractivity contribution < 1.29 is 4.79 Å². The summed E-state index contributed by atoms with van der Waals surface area (Å²) in [6.45, 7) is 1.87. The molecule has 0 aliphatic carbocycles. The second-order valence-electron chi connectivity index (χ2n) is 3.49. The highest BCUT2D eigenvalue weighted by molar-refractivity contribution is 9.10. The minimum Gasteiger partial charge on any atom is -0.289 e. The maximum atomic E-state index is 12.2. The molecule has 0 saturated heterocycles. The monoisotopic (exact) mass is 275 g/mol. The molecular weight excluding hydrogens is 266 g/mol. The van der Waals surface area contributed by atoms with E-state index < -0.39 is 0 Å². The third-order valence-electron chi connectivity index (χ3n) is 2.28. The van der Waals surface area contributed by atoms with E-state index in [2.05, 4.69) is 20.9 Å². The zero-order valence-corrected chi connectivity index (χ0v) is 10.4. The first-order chi connectivity index (χ1) is 7.68. The van der Waals surface area contributed by atoms with Crippen LogP contribution in [0.1, 0.15) is 21.6 Å². The number of aryl methyl sites for hydroxylation is 1. The van der Waals surface area contributed by atoms with Gasteiger partial charge < -0.3 is 0 Å². The molecule has 2 nitrogen and oxygen atoms in total. The van der Waals surface area contributed by atoms with Gasteiger partial charge in [0.2, 0.25) is 0 Å². The van der Waals surface area contributed by atoms with E-state index >= 15 is 0 Å². The van der Waals surface area contributed by atoms with E-state index in [1.807, 2.05) is 31.2 Å². The molecule has 3 heteroatoms. The molecule has 2 aromatic rings. The Morgan fingerprint density at radius 1 is 1.25 bits per heavy atom. The van der Waals surface area contributed by atoms with Gasteiger partial charge in [0.1, 0.15) is 0 Å². The molecule has 0 fully saturated rings. The van der Waals surface area contributed by atoms with Crippen LogP contribution in [0.15, 0.2) is 47.1 Å². The van der Waals surface area contributed by atoms with E-state index in [9.17, 15) is 4.79 Å².